The van der Waals surface area contributed by atoms with E-state index in [1.54, 1.807) is 31.2 Å². The van der Waals surface area contributed by atoms with Crippen molar-refractivity contribution < 1.29 is 24.0 Å². The van der Waals surface area contributed by atoms with Gasteiger partial charge in [-0.2, -0.15) is 5.10 Å². The van der Waals surface area contributed by atoms with Crippen molar-refractivity contribution in [3.05, 3.63) is 64.2 Å². The van der Waals surface area contributed by atoms with E-state index in [1.165, 1.54) is 26.8 Å². The number of amides is 1. The van der Waals surface area contributed by atoms with Crippen LogP contribution in [0.5, 0.6) is 0 Å². The van der Waals surface area contributed by atoms with Crippen molar-refractivity contribution in [2.75, 3.05) is 5.32 Å². The fourth-order valence-electron chi connectivity index (χ4n) is 4.36. The summed E-state index contributed by atoms with van der Waals surface area (Å²) in [6.45, 7) is 6.03. The fourth-order valence-corrected chi connectivity index (χ4v) is 4.36. The lowest BCUT2D eigenvalue weighted by molar-refractivity contribution is -0.118. The fraction of sp³-hybridized carbons (Fsp3) is 0.406. The molecule has 10 heteroatoms. The van der Waals surface area contributed by atoms with E-state index in [9.17, 15) is 24.0 Å². The van der Waals surface area contributed by atoms with Gasteiger partial charge in [0.1, 0.15) is 5.78 Å². The Hall–Kier alpha value is -4.47. The van der Waals surface area contributed by atoms with E-state index in [2.05, 4.69) is 15.5 Å². The number of nitrogens with zero attached hydrogens (tertiary/aromatic N) is 2. The molecule has 0 radical (unpaired) electrons. The number of hydrogen-bond donors (Lipinski definition) is 3. The first-order valence-electron chi connectivity index (χ1n) is 14.1. The third-order valence-corrected chi connectivity index (χ3v) is 6.67. The summed E-state index contributed by atoms with van der Waals surface area (Å²) in [6, 6.07) is 9.96. The number of carbonyl (C=O) groups excluding carboxylic acids is 5. The molecule has 10 nitrogen and oxygen atoms in total. The molecule has 0 unspecified atom stereocenters. The molecule has 0 spiro atoms. The third kappa shape index (κ3) is 12.0. The highest BCUT2D eigenvalue weighted by atomic mass is 16.2. The van der Waals surface area contributed by atoms with E-state index >= 15 is 0 Å². The zero-order valence-electron chi connectivity index (χ0n) is 24.9. The van der Waals surface area contributed by atoms with Crippen LogP contribution < -0.4 is 16.8 Å². The largest absolute Gasteiger partial charge is 0.369 e. The lowest BCUT2D eigenvalue weighted by Gasteiger charge is -2.09. The number of hydrogen-bond acceptors (Lipinski definition) is 7. The molecule has 5 N–H and O–H groups in total. The molecule has 224 valence electrons. The highest BCUT2D eigenvalue weighted by Crippen LogP contribution is 2.18. The molecule has 1 amide bonds. The maximum absolute atomic E-state index is 12.6. The number of nitrogens with two attached hydrogens (primary N) is 2. The first-order chi connectivity index (χ1) is 19.8. The summed E-state index contributed by atoms with van der Waals surface area (Å²) in [4.78, 5) is 60.4. The minimum absolute atomic E-state index is 0.0962. The van der Waals surface area contributed by atoms with Crippen molar-refractivity contribution >= 4 is 46.4 Å². The van der Waals surface area contributed by atoms with Crippen molar-refractivity contribution in [3.8, 4) is 0 Å². The lowest BCUT2D eigenvalue weighted by Crippen LogP contribution is -2.22. The molecular formula is C32H41N5O5. The van der Waals surface area contributed by atoms with Gasteiger partial charge in [0.25, 0.3) is 0 Å². The Morgan fingerprint density at radius 3 is 1.64 bits per heavy atom. The van der Waals surface area contributed by atoms with Gasteiger partial charge in [-0.05, 0) is 88.1 Å². The number of unbranched alkanes of at least 4 members (excludes halogenated alkanes) is 5. The number of nitrogens with one attached hydrogen (secondary N) is 1. The molecule has 2 aromatic carbocycles. The van der Waals surface area contributed by atoms with Crippen LogP contribution in [-0.2, 0) is 16.0 Å². The van der Waals surface area contributed by atoms with Crippen LogP contribution in [0.2, 0.25) is 0 Å². The first kappa shape index (κ1) is 33.7. The zero-order valence-corrected chi connectivity index (χ0v) is 24.9. The molecule has 42 heavy (non-hydrogen) atoms. The van der Waals surface area contributed by atoms with Crippen molar-refractivity contribution in [2.24, 2.45) is 21.7 Å². The molecule has 0 aliphatic heterocycles. The minimum atomic E-state index is -0.173. The summed E-state index contributed by atoms with van der Waals surface area (Å²) in [5, 5.41) is 10.4. The standard InChI is InChI=1S/C32H41N5O5/c1-20(36-37-32(33)34)25-13-24(14-26(16-25)21(2)38)15-30(41)11-9-7-5-6-8-10-12-31(42)35-29-18-27(22(3)39)17-28(19-29)23(4)40/h13-14,16-19H,5-12,15H2,1-4H3,(H,35,42)(H4,33,34,37)/b36-20-. The molecule has 0 fully saturated rings. The van der Waals surface area contributed by atoms with E-state index < -0.39 is 0 Å². The molecule has 0 saturated heterocycles. The van der Waals surface area contributed by atoms with Gasteiger partial charge < -0.3 is 16.8 Å². The third-order valence-electron chi connectivity index (χ3n) is 6.67. The average Bonchev–Trinajstić information content (AvgIpc) is 2.92. The number of guanidine groups is 1. The summed E-state index contributed by atoms with van der Waals surface area (Å²) >= 11 is 0. The number of Topliss-reactive ketones (excluding diaryl/α,β-unsaturated/α-hetero) is 4. The summed E-state index contributed by atoms with van der Waals surface area (Å²) < 4.78 is 0. The van der Waals surface area contributed by atoms with Gasteiger partial charge in [0, 0.05) is 41.6 Å². The summed E-state index contributed by atoms with van der Waals surface area (Å²) in [5.74, 6) is -0.692. The van der Waals surface area contributed by atoms with Gasteiger partial charge in [-0.3, -0.25) is 24.0 Å². The number of ketones is 4. The van der Waals surface area contributed by atoms with Crippen LogP contribution in [0, 0.1) is 0 Å². The van der Waals surface area contributed by atoms with Crippen LogP contribution in [0.1, 0.15) is 121 Å². The van der Waals surface area contributed by atoms with Gasteiger partial charge in [0.15, 0.2) is 17.3 Å². The Balaban J connectivity index is 1.73. The van der Waals surface area contributed by atoms with Crippen LogP contribution in [0.25, 0.3) is 0 Å². The second-order valence-corrected chi connectivity index (χ2v) is 10.5. The highest BCUT2D eigenvalue weighted by molar-refractivity contribution is 6.03. The van der Waals surface area contributed by atoms with Crippen LogP contribution >= 0.6 is 0 Å². The topological polar surface area (TPSA) is 174 Å². The summed E-state index contributed by atoms with van der Waals surface area (Å²) in [6.07, 6.45) is 6.21. The number of benzene rings is 2. The second kappa shape index (κ2) is 16.7. The highest BCUT2D eigenvalue weighted by Gasteiger charge is 2.12. The lowest BCUT2D eigenvalue weighted by atomic mass is 9.96. The van der Waals surface area contributed by atoms with E-state index in [1.807, 2.05) is 6.07 Å². The van der Waals surface area contributed by atoms with Crippen LogP contribution in [-0.4, -0.2) is 40.7 Å². The molecule has 0 atom stereocenters. The van der Waals surface area contributed by atoms with E-state index in [4.69, 9.17) is 11.5 Å². The summed E-state index contributed by atoms with van der Waals surface area (Å²) in [5.41, 5.74) is 14.3. The van der Waals surface area contributed by atoms with Crippen molar-refractivity contribution in [2.45, 2.75) is 85.5 Å². The van der Waals surface area contributed by atoms with Gasteiger partial charge in [-0.15, -0.1) is 5.10 Å². The molecule has 0 heterocycles. The SMILES string of the molecule is CC(=O)c1cc(NC(=O)CCCCCCCCC(=O)Cc2cc(C(C)=O)cc(/C(C)=N\N=C(N)N)c2)cc(C(C)=O)c1. The monoisotopic (exact) mass is 575 g/mol. The average molecular weight is 576 g/mol. The van der Waals surface area contributed by atoms with Crippen molar-refractivity contribution in [1.29, 1.82) is 0 Å². The van der Waals surface area contributed by atoms with E-state index in [-0.39, 0.29) is 41.4 Å². The molecule has 2 rings (SSSR count). The zero-order chi connectivity index (χ0) is 31.2. The Morgan fingerprint density at radius 2 is 1.10 bits per heavy atom. The second-order valence-electron chi connectivity index (χ2n) is 10.5. The molecule has 0 bridgehead atoms. The number of rotatable bonds is 17. The molecule has 0 aromatic heterocycles. The van der Waals surface area contributed by atoms with Gasteiger partial charge in [0.2, 0.25) is 11.9 Å². The Kier molecular flexibility index (Phi) is 13.4. The number of anilines is 1. The van der Waals surface area contributed by atoms with Gasteiger partial charge in [-0.1, -0.05) is 25.7 Å². The van der Waals surface area contributed by atoms with Crippen LogP contribution in [0.4, 0.5) is 5.69 Å². The predicted molar refractivity (Wildman–Crippen MR) is 165 cm³/mol. The molecule has 2 aromatic rings. The molecular weight excluding hydrogens is 534 g/mol. The Labute approximate surface area is 247 Å². The number of carbonyl (C=O) groups is 5. The maximum Gasteiger partial charge on any atom is 0.224 e. The van der Waals surface area contributed by atoms with Gasteiger partial charge >= 0.3 is 0 Å². The molecule has 0 aliphatic rings. The van der Waals surface area contributed by atoms with Gasteiger partial charge in [-0.25, -0.2) is 0 Å². The normalized spacial score (nSPS) is 11.1. The van der Waals surface area contributed by atoms with Crippen LogP contribution in [0.3, 0.4) is 0 Å². The quantitative estimate of drug-likeness (QED) is 0.0767. The van der Waals surface area contributed by atoms with E-state index in [0.29, 0.717) is 46.5 Å². The Bertz CT molecular complexity index is 1360. The van der Waals surface area contributed by atoms with Crippen molar-refractivity contribution in [1.82, 2.24) is 0 Å². The maximum atomic E-state index is 12.6. The predicted octanol–water partition coefficient (Wildman–Crippen LogP) is 5.16. The van der Waals surface area contributed by atoms with Crippen molar-refractivity contribution in [3.63, 3.8) is 0 Å². The van der Waals surface area contributed by atoms with Gasteiger partial charge in [0.05, 0.1) is 5.71 Å². The Morgan fingerprint density at radius 1 is 0.619 bits per heavy atom. The first-order valence-corrected chi connectivity index (χ1v) is 14.1. The van der Waals surface area contributed by atoms with E-state index in [0.717, 1.165) is 44.1 Å². The van der Waals surface area contributed by atoms with Crippen LogP contribution in [0.15, 0.2) is 46.6 Å². The smallest absolute Gasteiger partial charge is 0.224 e. The summed E-state index contributed by atoms with van der Waals surface area (Å²) in [7, 11) is 0. The molecule has 0 aliphatic carbocycles. The molecule has 0 saturated carbocycles. The minimum Gasteiger partial charge on any atom is -0.369 e.